The average molecular weight is 911 g/mol. The van der Waals surface area contributed by atoms with Crippen LogP contribution in [0.2, 0.25) is 0 Å². The van der Waals surface area contributed by atoms with E-state index in [1.165, 1.54) is 48.0 Å². The molecule has 63 heavy (non-hydrogen) atoms. The van der Waals surface area contributed by atoms with E-state index in [2.05, 4.69) is 48.5 Å². The summed E-state index contributed by atoms with van der Waals surface area (Å²) in [6.07, 6.45) is 0.779. The minimum absolute atomic E-state index is 0.122. The van der Waals surface area contributed by atoms with E-state index in [1.807, 2.05) is 12.1 Å². The molecule has 0 aromatic heterocycles. The van der Waals surface area contributed by atoms with E-state index in [9.17, 15) is 32.5 Å². The van der Waals surface area contributed by atoms with Crippen LogP contribution in [0.25, 0.3) is 33.0 Å². The molecule has 2 aliphatic rings. The number of halogens is 2. The Morgan fingerprint density at radius 1 is 0.651 bits per heavy atom. The first-order valence-electron chi connectivity index (χ1n) is 19.4. The van der Waals surface area contributed by atoms with Crippen molar-refractivity contribution in [3.8, 4) is 34.4 Å². The average Bonchev–Trinajstić information content (AvgIpc) is 3.70. The fourth-order valence-electron chi connectivity index (χ4n) is 6.66. The van der Waals surface area contributed by atoms with Gasteiger partial charge in [-0.2, -0.15) is 10.5 Å². The number of nitrogens with zero attached hydrogens (tertiary/aromatic N) is 2. The summed E-state index contributed by atoms with van der Waals surface area (Å²) in [7, 11) is -8.93. The summed E-state index contributed by atoms with van der Waals surface area (Å²) in [4.78, 5) is 12.2. The van der Waals surface area contributed by atoms with E-state index in [0.717, 1.165) is 12.5 Å². The van der Waals surface area contributed by atoms with E-state index in [1.54, 1.807) is 52.0 Å². The van der Waals surface area contributed by atoms with Crippen molar-refractivity contribution in [1.82, 2.24) is 0 Å². The molecule has 0 amide bonds. The predicted molar refractivity (Wildman–Crippen MR) is 239 cm³/mol. The van der Waals surface area contributed by atoms with E-state index < -0.39 is 54.7 Å². The van der Waals surface area contributed by atoms with Crippen molar-refractivity contribution in [2.75, 3.05) is 37.2 Å². The molecule has 4 N–H and O–H groups in total. The second kappa shape index (κ2) is 19.3. The van der Waals surface area contributed by atoms with Crippen LogP contribution in [-0.4, -0.2) is 93.4 Å². The lowest BCUT2D eigenvalue weighted by molar-refractivity contribution is -0.136. The highest BCUT2D eigenvalue weighted by Crippen LogP contribution is 2.34. The molecular formula is C46H52F2N2O11S2. The number of carbonyl (C=O) groups is 1. The number of Topliss-reactive ketones (excluding diaryl/α,β-unsaturated/α-hetero) is 1. The van der Waals surface area contributed by atoms with E-state index >= 15 is 0 Å². The lowest BCUT2D eigenvalue weighted by Gasteiger charge is -2.28. The zero-order valence-corrected chi connectivity index (χ0v) is 37.5. The Morgan fingerprint density at radius 3 is 1.40 bits per heavy atom. The van der Waals surface area contributed by atoms with E-state index in [4.69, 9.17) is 37.2 Å². The summed E-state index contributed by atoms with van der Waals surface area (Å²) >= 11 is 0. The van der Waals surface area contributed by atoms with Crippen LogP contribution in [0.1, 0.15) is 56.1 Å². The lowest BCUT2D eigenvalue weighted by Crippen LogP contribution is -2.40. The Labute approximate surface area is 365 Å². The van der Waals surface area contributed by atoms with Gasteiger partial charge in [-0.15, -0.1) is 0 Å². The SMILES string of the molecule is CC(=O)c1cc(-c2cccc(F)c2C#N)ccc1-c1cccc(F)c1C#N.CC1(C)OCC(CS(C)(=O)(O)O)O1.CC1(C)OCC(CS(C)(=O)(O)O)O1.c1ccc2ccccc2c1. The highest BCUT2D eigenvalue weighted by molar-refractivity contribution is 8.09. The van der Waals surface area contributed by atoms with E-state index in [-0.39, 0.29) is 47.2 Å². The minimum atomic E-state index is -4.46. The second-order valence-corrected chi connectivity index (χ2v) is 22.7. The monoisotopic (exact) mass is 910 g/mol. The number of benzene rings is 5. The third-order valence-electron chi connectivity index (χ3n) is 9.18. The molecule has 0 saturated carbocycles. The first kappa shape index (κ1) is 50.5. The normalized spacial score (nSPS) is 18.8. The number of ketones is 1. The van der Waals surface area contributed by atoms with Crippen LogP contribution in [0.15, 0.2) is 103 Å². The maximum atomic E-state index is 14.0. The molecule has 17 heteroatoms. The molecule has 0 bridgehead atoms. The fraction of sp³-hybridized carbons (Fsp3) is 0.326. The lowest BCUT2D eigenvalue weighted by atomic mass is 9.90. The summed E-state index contributed by atoms with van der Waals surface area (Å²) in [6.45, 7) is 8.69. The Bertz CT molecular complexity index is 2550. The molecule has 7 rings (SSSR count). The van der Waals surface area contributed by atoms with Gasteiger partial charge in [0.25, 0.3) is 0 Å². The van der Waals surface area contributed by atoms with Gasteiger partial charge in [-0.05, 0) is 74.7 Å². The third kappa shape index (κ3) is 15.9. The molecular weight excluding hydrogens is 859 g/mol. The first-order chi connectivity index (χ1) is 29.0. The molecule has 5 aromatic rings. The maximum absolute atomic E-state index is 14.0. The van der Waals surface area contributed by atoms with Crippen LogP contribution < -0.4 is 0 Å². The Balaban J connectivity index is 0.000000202. The fourth-order valence-corrected chi connectivity index (χ4v) is 8.70. The van der Waals surface area contributed by atoms with Crippen molar-refractivity contribution in [2.45, 2.75) is 58.4 Å². The van der Waals surface area contributed by atoms with Gasteiger partial charge in [0, 0.05) is 29.2 Å². The number of rotatable bonds is 7. The van der Waals surface area contributed by atoms with Crippen molar-refractivity contribution in [3.05, 3.63) is 131 Å². The van der Waals surface area contributed by atoms with Crippen LogP contribution in [0.4, 0.5) is 8.78 Å². The first-order valence-corrected chi connectivity index (χ1v) is 24.3. The van der Waals surface area contributed by atoms with Gasteiger partial charge in [-0.25, -0.2) is 17.2 Å². The molecule has 2 heterocycles. The molecule has 0 spiro atoms. The van der Waals surface area contributed by atoms with Crippen LogP contribution in [0.5, 0.6) is 0 Å². The summed E-state index contributed by atoms with van der Waals surface area (Å²) in [6, 6.07) is 33.5. The predicted octanol–water partition coefficient (Wildman–Crippen LogP) is 9.15. The van der Waals surface area contributed by atoms with Gasteiger partial charge in [-0.3, -0.25) is 4.79 Å². The molecule has 2 fully saturated rings. The molecule has 2 unspecified atom stereocenters. The summed E-state index contributed by atoms with van der Waals surface area (Å²) < 4.78 is 107. The molecule has 2 saturated heterocycles. The molecule has 0 aliphatic carbocycles. The molecule has 5 aromatic carbocycles. The van der Waals surface area contributed by atoms with Crippen molar-refractivity contribution in [3.63, 3.8) is 0 Å². The zero-order valence-electron chi connectivity index (χ0n) is 35.9. The number of carbonyl (C=O) groups excluding carboxylic acids is 1. The smallest absolute Gasteiger partial charge is 0.163 e. The van der Waals surface area contributed by atoms with Crippen molar-refractivity contribution in [1.29, 1.82) is 10.5 Å². The number of ether oxygens (including phenoxy) is 4. The van der Waals surface area contributed by atoms with Gasteiger partial charge in [0.1, 0.15) is 23.8 Å². The van der Waals surface area contributed by atoms with Crippen molar-refractivity contribution < 1.29 is 59.2 Å². The van der Waals surface area contributed by atoms with Gasteiger partial charge in [0.15, 0.2) is 17.4 Å². The standard InChI is InChI=1S/C22H12F2N2O.C10H8.2C7H16O5S/c1-13(27)18-10-14(15-4-2-6-21(23)19(15)11-25)8-9-17(18)16-5-3-7-22(24)20(16)12-26;1-2-6-10-8-4-3-7-9(10)5-1;2*1-7(2)11-4-6(12-7)5-13(3,8,9)10/h2-10H,1H3;1-8H;2*6H,4-5H2,1-3H3,(H2,8,9,10). The number of hydrogen-bond donors (Lipinski definition) is 4. The summed E-state index contributed by atoms with van der Waals surface area (Å²) in [5.74, 6) is -3.69. The molecule has 0 radical (unpaired) electrons. The highest BCUT2D eigenvalue weighted by Gasteiger charge is 2.39. The molecule has 13 nitrogen and oxygen atoms in total. The second-order valence-electron chi connectivity index (χ2n) is 16.3. The van der Waals surface area contributed by atoms with Crippen molar-refractivity contribution in [2.24, 2.45) is 0 Å². The summed E-state index contributed by atoms with van der Waals surface area (Å²) in [5.41, 5.74) is 1.51. The highest BCUT2D eigenvalue weighted by atomic mass is 32.3. The van der Waals surface area contributed by atoms with Gasteiger partial charge in [0.2, 0.25) is 0 Å². The maximum Gasteiger partial charge on any atom is 0.163 e. The van der Waals surface area contributed by atoms with Crippen molar-refractivity contribution >= 4 is 35.8 Å². The van der Waals surface area contributed by atoms with Gasteiger partial charge in [-0.1, -0.05) is 84.9 Å². The quantitative estimate of drug-likeness (QED) is 0.112. The third-order valence-corrected chi connectivity index (χ3v) is 11.5. The number of fused-ring (bicyclic) bond motifs is 1. The van der Waals surface area contributed by atoms with E-state index in [0.29, 0.717) is 22.3 Å². The van der Waals surface area contributed by atoms with Crippen LogP contribution >= 0.6 is 0 Å². The molecule has 338 valence electrons. The van der Waals surface area contributed by atoms with Crippen LogP contribution in [-0.2, 0) is 38.2 Å². The number of hydrogen-bond acceptors (Lipinski definition) is 9. The zero-order chi connectivity index (χ0) is 47.1. The number of nitriles is 2. The Morgan fingerprint density at radius 2 is 1.05 bits per heavy atom. The molecule has 2 atom stereocenters. The Kier molecular flexibility index (Phi) is 15.5. The molecule has 2 aliphatic heterocycles. The Hall–Kier alpha value is -5.15. The van der Waals surface area contributed by atoms with Crippen LogP contribution in [0.3, 0.4) is 0 Å². The van der Waals surface area contributed by atoms with Gasteiger partial charge < -0.3 is 37.2 Å². The topological polar surface area (TPSA) is 217 Å². The minimum Gasteiger partial charge on any atom is -0.348 e. The summed E-state index contributed by atoms with van der Waals surface area (Å²) in [5, 5.41) is 21.1. The van der Waals surface area contributed by atoms with Crippen LogP contribution in [0, 0.1) is 34.3 Å². The van der Waals surface area contributed by atoms with Gasteiger partial charge >= 0.3 is 0 Å². The largest absolute Gasteiger partial charge is 0.348 e. The van der Waals surface area contributed by atoms with Gasteiger partial charge in [0.05, 0.1) is 67.3 Å².